The van der Waals surface area contributed by atoms with Crippen LogP contribution in [0, 0.1) is 5.82 Å². The monoisotopic (exact) mass is 583 g/mol. The molecule has 1 aromatic carbocycles. The van der Waals surface area contributed by atoms with Crippen LogP contribution in [0.2, 0.25) is 0 Å². The van der Waals surface area contributed by atoms with Crippen molar-refractivity contribution < 1.29 is 41.0 Å². The molecule has 1 aromatic heterocycles. The zero-order valence-corrected chi connectivity index (χ0v) is 24.0. The van der Waals surface area contributed by atoms with Crippen molar-refractivity contribution in [3.05, 3.63) is 53.0 Å². The van der Waals surface area contributed by atoms with Gasteiger partial charge in [-0.3, -0.25) is 4.79 Å². The normalized spacial score (nSPS) is 13.3. The second-order valence-corrected chi connectivity index (χ2v) is 12.3. The SMILES string of the molecule is CC(C)c1nc(N(C)S(C)(=O)=O)nc(-c2ccc(F)cc2)c1/C=C/C(O)C(F)(F)C(=C=O)CC(=O)OC(C)(C)C. The Kier molecular flexibility index (Phi) is 10.1. The molecule has 9 nitrogen and oxygen atoms in total. The molecule has 0 radical (unpaired) electrons. The van der Waals surface area contributed by atoms with Gasteiger partial charge in [0.2, 0.25) is 16.0 Å². The molecule has 0 amide bonds. The summed E-state index contributed by atoms with van der Waals surface area (Å²) in [7, 11) is -2.54. The van der Waals surface area contributed by atoms with Crippen LogP contribution in [-0.4, -0.2) is 66.3 Å². The van der Waals surface area contributed by atoms with E-state index in [2.05, 4.69) is 9.97 Å². The van der Waals surface area contributed by atoms with Crippen molar-refractivity contribution >= 4 is 34.0 Å². The van der Waals surface area contributed by atoms with E-state index in [1.807, 2.05) is 0 Å². The molecule has 2 aromatic rings. The summed E-state index contributed by atoms with van der Waals surface area (Å²) in [5.74, 6) is -5.40. The van der Waals surface area contributed by atoms with Crippen LogP contribution in [0.25, 0.3) is 17.3 Å². The van der Waals surface area contributed by atoms with E-state index in [9.17, 15) is 27.5 Å². The van der Waals surface area contributed by atoms with Gasteiger partial charge in [0.25, 0.3) is 0 Å². The third kappa shape index (κ3) is 8.23. The number of benzene rings is 1. The maximum absolute atomic E-state index is 15.1. The standard InChI is InChI=1S/C27H32F3N3O6S/c1-16(2)23-20(12-13-21(35)27(29,30)18(15-34)14-22(36)39-26(3,4)5)24(17-8-10-19(28)11-9-17)32-25(31-23)33(6)40(7,37)38/h8-13,16,21,35H,14H2,1-7H3/b13-12+. The van der Waals surface area contributed by atoms with Crippen molar-refractivity contribution in [1.82, 2.24) is 9.97 Å². The smallest absolute Gasteiger partial charge is 0.311 e. The first kappa shape index (κ1) is 32.7. The van der Waals surface area contributed by atoms with Crippen molar-refractivity contribution in [2.24, 2.45) is 0 Å². The molecule has 13 heteroatoms. The number of carbonyl (C=O) groups is 1. The highest BCUT2D eigenvalue weighted by Crippen LogP contribution is 2.34. The molecule has 218 valence electrons. The van der Waals surface area contributed by atoms with Crippen LogP contribution in [0.4, 0.5) is 19.1 Å². The highest BCUT2D eigenvalue weighted by atomic mass is 32.2. The van der Waals surface area contributed by atoms with Gasteiger partial charge in [-0.25, -0.2) is 31.9 Å². The zero-order valence-electron chi connectivity index (χ0n) is 23.2. The van der Waals surface area contributed by atoms with Crippen LogP contribution in [0.1, 0.15) is 58.2 Å². The summed E-state index contributed by atoms with van der Waals surface area (Å²) in [5.41, 5.74) is -1.51. The van der Waals surface area contributed by atoms with Crippen molar-refractivity contribution in [2.45, 2.75) is 64.6 Å². The third-order valence-electron chi connectivity index (χ3n) is 5.49. The number of carbonyl (C=O) groups excluding carboxylic acids is 2. The van der Waals surface area contributed by atoms with Gasteiger partial charge < -0.3 is 9.84 Å². The van der Waals surface area contributed by atoms with E-state index in [0.29, 0.717) is 11.6 Å². The Morgan fingerprint density at radius 1 is 1.18 bits per heavy atom. The Balaban J connectivity index is 2.63. The number of aromatic nitrogens is 2. The summed E-state index contributed by atoms with van der Waals surface area (Å²) in [5, 5.41) is 10.4. The summed E-state index contributed by atoms with van der Waals surface area (Å²) in [6, 6.07) is 5.01. The average molecular weight is 584 g/mol. The Morgan fingerprint density at radius 2 is 1.75 bits per heavy atom. The average Bonchev–Trinajstić information content (AvgIpc) is 2.83. The van der Waals surface area contributed by atoms with Crippen LogP contribution in [0.3, 0.4) is 0 Å². The van der Waals surface area contributed by atoms with Gasteiger partial charge in [0.1, 0.15) is 23.5 Å². The quantitative estimate of drug-likeness (QED) is 0.324. The second-order valence-electron chi connectivity index (χ2n) is 10.3. The van der Waals surface area contributed by atoms with E-state index in [4.69, 9.17) is 4.74 Å². The minimum absolute atomic E-state index is 0.0795. The lowest BCUT2D eigenvalue weighted by molar-refractivity contribution is -0.155. The van der Waals surface area contributed by atoms with E-state index >= 15 is 8.78 Å². The highest BCUT2D eigenvalue weighted by molar-refractivity contribution is 7.92. The molecule has 0 bridgehead atoms. The molecule has 1 unspecified atom stereocenters. The lowest BCUT2D eigenvalue weighted by atomic mass is 9.96. The largest absolute Gasteiger partial charge is 0.460 e. The lowest BCUT2D eigenvalue weighted by Gasteiger charge is -2.23. The fourth-order valence-corrected chi connectivity index (χ4v) is 3.80. The van der Waals surface area contributed by atoms with E-state index < -0.39 is 51.4 Å². The van der Waals surface area contributed by atoms with Crippen LogP contribution >= 0.6 is 0 Å². The van der Waals surface area contributed by atoms with Gasteiger partial charge in [0.05, 0.1) is 29.6 Å². The molecule has 0 aliphatic heterocycles. The first-order valence-corrected chi connectivity index (χ1v) is 13.9. The Labute approximate surface area is 231 Å². The number of halogens is 3. The summed E-state index contributed by atoms with van der Waals surface area (Å²) in [4.78, 5) is 32.0. The van der Waals surface area contributed by atoms with E-state index in [1.54, 1.807) is 13.8 Å². The number of alkyl halides is 2. The van der Waals surface area contributed by atoms with Crippen molar-refractivity contribution in [3.63, 3.8) is 0 Å². The fraction of sp³-hybridized carbons (Fsp3) is 0.444. The molecule has 1 N–H and O–H groups in total. The number of aliphatic hydroxyl groups excluding tert-OH is 1. The molecular formula is C27H32F3N3O6S. The minimum Gasteiger partial charge on any atom is -0.460 e. The van der Waals surface area contributed by atoms with E-state index in [0.717, 1.165) is 34.7 Å². The van der Waals surface area contributed by atoms with Gasteiger partial charge in [-0.2, -0.15) is 8.78 Å². The predicted molar refractivity (Wildman–Crippen MR) is 144 cm³/mol. The molecule has 2 rings (SSSR count). The molecular weight excluding hydrogens is 551 g/mol. The van der Waals surface area contributed by atoms with Crippen LogP contribution in [-0.2, 0) is 24.3 Å². The van der Waals surface area contributed by atoms with E-state index in [1.165, 1.54) is 40.0 Å². The van der Waals surface area contributed by atoms with Gasteiger partial charge in [-0.1, -0.05) is 19.9 Å². The number of nitrogens with zero attached hydrogens (tertiary/aromatic N) is 3. The summed E-state index contributed by atoms with van der Waals surface area (Å²) >= 11 is 0. The first-order valence-electron chi connectivity index (χ1n) is 12.1. The maximum Gasteiger partial charge on any atom is 0.311 e. The van der Waals surface area contributed by atoms with Crippen molar-refractivity contribution in [1.29, 1.82) is 0 Å². The number of rotatable bonds is 10. The number of esters is 1. The highest BCUT2D eigenvalue weighted by Gasteiger charge is 2.43. The predicted octanol–water partition coefficient (Wildman–Crippen LogP) is 4.30. The minimum atomic E-state index is -4.19. The van der Waals surface area contributed by atoms with Gasteiger partial charge in [-0.05, 0) is 57.0 Å². The first-order chi connectivity index (χ1) is 18.3. The number of anilines is 1. The van der Waals surface area contributed by atoms with Crippen molar-refractivity contribution in [3.8, 4) is 11.3 Å². The van der Waals surface area contributed by atoms with Crippen LogP contribution in [0.5, 0.6) is 0 Å². The number of ether oxygens (including phenoxy) is 1. The summed E-state index contributed by atoms with van der Waals surface area (Å²) < 4.78 is 73.9. The van der Waals surface area contributed by atoms with Gasteiger partial charge in [-0.15, -0.1) is 0 Å². The van der Waals surface area contributed by atoms with E-state index in [-0.39, 0.29) is 28.8 Å². The lowest BCUT2D eigenvalue weighted by Crippen LogP contribution is -2.36. The maximum atomic E-state index is 15.1. The molecule has 1 atom stereocenters. The molecule has 1 heterocycles. The Hall–Kier alpha value is -3.54. The van der Waals surface area contributed by atoms with Crippen molar-refractivity contribution in [2.75, 3.05) is 17.6 Å². The summed E-state index contributed by atoms with van der Waals surface area (Å²) in [6.45, 7) is 8.01. The number of aliphatic hydroxyl groups is 1. The third-order valence-corrected chi connectivity index (χ3v) is 6.65. The number of hydrogen-bond acceptors (Lipinski definition) is 8. The van der Waals surface area contributed by atoms with Gasteiger partial charge in [0.15, 0.2) is 0 Å². The molecule has 0 spiro atoms. The van der Waals surface area contributed by atoms with Gasteiger partial charge >= 0.3 is 11.9 Å². The number of sulfonamides is 1. The molecule has 0 fully saturated rings. The molecule has 0 aliphatic carbocycles. The second kappa shape index (κ2) is 12.3. The van der Waals surface area contributed by atoms with Crippen LogP contribution in [0.15, 0.2) is 35.9 Å². The topological polar surface area (TPSA) is 127 Å². The molecule has 40 heavy (non-hydrogen) atoms. The Bertz CT molecular complexity index is 1430. The summed E-state index contributed by atoms with van der Waals surface area (Å²) in [6.07, 6.45) is -0.917. The fourth-order valence-electron chi connectivity index (χ4n) is 3.43. The zero-order chi connectivity index (χ0) is 30.6. The van der Waals surface area contributed by atoms with Crippen LogP contribution < -0.4 is 4.31 Å². The molecule has 0 aliphatic rings. The molecule has 0 saturated carbocycles. The van der Waals surface area contributed by atoms with Gasteiger partial charge in [0, 0.05) is 18.2 Å². The molecule has 0 saturated heterocycles. The number of hydrogen-bond donors (Lipinski definition) is 1. The Morgan fingerprint density at radius 3 is 2.23 bits per heavy atom.